The number of hydrogen-bond acceptors (Lipinski definition) is 2. The van der Waals surface area contributed by atoms with Gasteiger partial charge >= 0.3 is 0 Å². The summed E-state index contributed by atoms with van der Waals surface area (Å²) in [5.41, 5.74) is 0.478. The Kier molecular flexibility index (Phi) is 5.48. The zero-order valence-electron chi connectivity index (χ0n) is 11.4. The van der Waals surface area contributed by atoms with Crippen LogP contribution in [-0.2, 0) is 10.2 Å². The summed E-state index contributed by atoms with van der Waals surface area (Å²) >= 11 is 0. The van der Waals surface area contributed by atoms with Gasteiger partial charge in [0.2, 0.25) is 0 Å². The lowest BCUT2D eigenvalue weighted by atomic mass is 9.84. The highest BCUT2D eigenvalue weighted by molar-refractivity contribution is 5.75. The quantitative estimate of drug-likeness (QED) is 0.755. The maximum absolute atomic E-state index is 13.7. The molecule has 3 heteroatoms. The molecule has 1 aromatic carbocycles. The summed E-state index contributed by atoms with van der Waals surface area (Å²) in [7, 11) is 0. The van der Waals surface area contributed by atoms with Crippen molar-refractivity contribution >= 4 is 5.78 Å². The van der Waals surface area contributed by atoms with E-state index in [1.165, 1.54) is 6.07 Å². The van der Waals surface area contributed by atoms with E-state index in [1.807, 2.05) is 26.0 Å². The molecule has 0 saturated heterocycles. The van der Waals surface area contributed by atoms with Crippen molar-refractivity contribution in [2.45, 2.75) is 39.0 Å². The molecule has 18 heavy (non-hydrogen) atoms. The Morgan fingerprint density at radius 1 is 1.33 bits per heavy atom. The highest BCUT2D eigenvalue weighted by Gasteiger charge is 2.23. The minimum absolute atomic E-state index is 0.159. The average molecular weight is 251 g/mol. The predicted molar refractivity (Wildman–Crippen MR) is 72.2 cm³/mol. The molecule has 0 atom stereocenters. The molecule has 0 aromatic heterocycles. The van der Waals surface area contributed by atoms with Gasteiger partial charge in [-0.1, -0.05) is 32.0 Å². The summed E-state index contributed by atoms with van der Waals surface area (Å²) in [4.78, 5) is 10.8. The van der Waals surface area contributed by atoms with Gasteiger partial charge in [0.1, 0.15) is 11.6 Å². The molecule has 0 bridgehead atoms. The van der Waals surface area contributed by atoms with Crippen molar-refractivity contribution in [2.75, 3.05) is 13.1 Å². The third-order valence-corrected chi connectivity index (χ3v) is 3.05. The van der Waals surface area contributed by atoms with Gasteiger partial charge in [0, 0.05) is 18.4 Å². The Bertz CT molecular complexity index is 401. The molecule has 0 fully saturated rings. The van der Waals surface area contributed by atoms with E-state index in [4.69, 9.17) is 0 Å². The number of carbonyl (C=O) groups excluding carboxylic acids is 1. The van der Waals surface area contributed by atoms with Crippen LogP contribution in [0.1, 0.15) is 39.2 Å². The molecule has 100 valence electrons. The van der Waals surface area contributed by atoms with Crippen LogP contribution >= 0.6 is 0 Å². The van der Waals surface area contributed by atoms with Crippen LogP contribution in [0.5, 0.6) is 0 Å². The van der Waals surface area contributed by atoms with E-state index < -0.39 is 0 Å². The van der Waals surface area contributed by atoms with E-state index in [2.05, 4.69) is 5.32 Å². The van der Waals surface area contributed by atoms with Crippen molar-refractivity contribution in [3.05, 3.63) is 35.6 Å². The normalized spacial score (nSPS) is 11.6. The number of halogens is 1. The standard InChI is InChI=1S/C15H22FNO/c1-12(18)7-6-10-17-11-15(2,3)13-8-4-5-9-14(13)16/h4-5,8-9,17H,6-7,10-11H2,1-3H3. The highest BCUT2D eigenvalue weighted by Crippen LogP contribution is 2.24. The van der Waals surface area contributed by atoms with Gasteiger partial charge in [0.15, 0.2) is 0 Å². The fraction of sp³-hybridized carbons (Fsp3) is 0.533. The summed E-state index contributed by atoms with van der Waals surface area (Å²) in [6, 6.07) is 6.88. The lowest BCUT2D eigenvalue weighted by Crippen LogP contribution is -2.34. The van der Waals surface area contributed by atoms with Gasteiger partial charge in [-0.15, -0.1) is 0 Å². The number of ketones is 1. The van der Waals surface area contributed by atoms with Crippen LogP contribution in [0.3, 0.4) is 0 Å². The van der Waals surface area contributed by atoms with Crippen LogP contribution in [-0.4, -0.2) is 18.9 Å². The molecule has 0 spiro atoms. The van der Waals surface area contributed by atoms with Gasteiger partial charge < -0.3 is 10.1 Å². The second-order valence-corrected chi connectivity index (χ2v) is 5.35. The minimum atomic E-state index is -0.248. The Hall–Kier alpha value is -1.22. The first kappa shape index (κ1) is 14.8. The van der Waals surface area contributed by atoms with E-state index in [9.17, 15) is 9.18 Å². The van der Waals surface area contributed by atoms with Gasteiger partial charge in [0.05, 0.1) is 0 Å². The lowest BCUT2D eigenvalue weighted by molar-refractivity contribution is -0.117. The van der Waals surface area contributed by atoms with Crippen molar-refractivity contribution in [2.24, 2.45) is 0 Å². The lowest BCUT2D eigenvalue weighted by Gasteiger charge is -2.26. The molecular formula is C15H22FNO. The number of Topliss-reactive ketones (excluding diaryl/α,β-unsaturated/α-hetero) is 1. The van der Waals surface area contributed by atoms with Gasteiger partial charge in [0.25, 0.3) is 0 Å². The number of benzene rings is 1. The van der Waals surface area contributed by atoms with E-state index in [-0.39, 0.29) is 17.0 Å². The minimum Gasteiger partial charge on any atom is -0.316 e. The molecule has 0 saturated carbocycles. The maximum atomic E-state index is 13.7. The molecule has 0 aliphatic heterocycles. The van der Waals surface area contributed by atoms with Gasteiger partial charge in [-0.05, 0) is 31.5 Å². The Morgan fingerprint density at radius 3 is 2.61 bits per heavy atom. The van der Waals surface area contributed by atoms with Gasteiger partial charge in [-0.25, -0.2) is 4.39 Å². The third kappa shape index (κ3) is 4.57. The zero-order chi connectivity index (χ0) is 13.6. The van der Waals surface area contributed by atoms with Crippen molar-refractivity contribution in [3.8, 4) is 0 Å². The van der Waals surface area contributed by atoms with Crippen molar-refractivity contribution < 1.29 is 9.18 Å². The first-order valence-corrected chi connectivity index (χ1v) is 6.38. The van der Waals surface area contributed by atoms with Crippen LogP contribution in [0.4, 0.5) is 4.39 Å². The third-order valence-electron chi connectivity index (χ3n) is 3.05. The molecule has 1 N–H and O–H groups in total. The number of rotatable bonds is 7. The smallest absolute Gasteiger partial charge is 0.129 e. The average Bonchev–Trinajstić information content (AvgIpc) is 2.28. The largest absolute Gasteiger partial charge is 0.316 e. The highest BCUT2D eigenvalue weighted by atomic mass is 19.1. The fourth-order valence-corrected chi connectivity index (χ4v) is 1.97. The van der Waals surface area contributed by atoms with Crippen LogP contribution in [0.25, 0.3) is 0 Å². The van der Waals surface area contributed by atoms with Gasteiger partial charge in [-0.2, -0.15) is 0 Å². The summed E-state index contributed by atoms with van der Waals surface area (Å²) in [5, 5.41) is 3.29. The second kappa shape index (κ2) is 6.64. The molecule has 0 heterocycles. The molecule has 0 unspecified atom stereocenters. The van der Waals surface area contributed by atoms with Crippen LogP contribution < -0.4 is 5.32 Å². The molecule has 0 aliphatic carbocycles. The predicted octanol–water partition coefficient (Wildman–Crippen LogP) is 3.06. The SMILES string of the molecule is CC(=O)CCCNCC(C)(C)c1ccccc1F. The van der Waals surface area contributed by atoms with E-state index in [0.29, 0.717) is 13.0 Å². The maximum Gasteiger partial charge on any atom is 0.129 e. The second-order valence-electron chi connectivity index (χ2n) is 5.35. The molecule has 0 amide bonds. The van der Waals surface area contributed by atoms with Crippen LogP contribution in [0.2, 0.25) is 0 Å². The Balaban J connectivity index is 2.45. The molecular weight excluding hydrogens is 229 g/mol. The topological polar surface area (TPSA) is 29.1 Å². The first-order valence-electron chi connectivity index (χ1n) is 6.38. The number of carbonyl (C=O) groups is 1. The summed E-state index contributed by atoms with van der Waals surface area (Å²) < 4.78 is 13.7. The van der Waals surface area contributed by atoms with Crippen molar-refractivity contribution in [3.63, 3.8) is 0 Å². The first-order chi connectivity index (χ1) is 8.43. The molecule has 1 rings (SSSR count). The van der Waals surface area contributed by atoms with E-state index in [0.717, 1.165) is 18.5 Å². The zero-order valence-corrected chi connectivity index (χ0v) is 11.4. The number of nitrogens with one attached hydrogen (secondary N) is 1. The monoisotopic (exact) mass is 251 g/mol. The van der Waals surface area contributed by atoms with Crippen LogP contribution in [0, 0.1) is 5.82 Å². The van der Waals surface area contributed by atoms with Crippen molar-refractivity contribution in [1.29, 1.82) is 0 Å². The van der Waals surface area contributed by atoms with Crippen LogP contribution in [0.15, 0.2) is 24.3 Å². The van der Waals surface area contributed by atoms with Crippen molar-refractivity contribution in [1.82, 2.24) is 5.32 Å². The fourth-order valence-electron chi connectivity index (χ4n) is 1.97. The van der Waals surface area contributed by atoms with E-state index in [1.54, 1.807) is 13.0 Å². The summed E-state index contributed by atoms with van der Waals surface area (Å²) in [6.07, 6.45) is 1.44. The van der Waals surface area contributed by atoms with E-state index >= 15 is 0 Å². The number of hydrogen-bond donors (Lipinski definition) is 1. The Labute approximate surface area is 109 Å². The summed E-state index contributed by atoms with van der Waals surface area (Å²) in [6.45, 7) is 7.12. The Morgan fingerprint density at radius 2 is 2.00 bits per heavy atom. The van der Waals surface area contributed by atoms with Gasteiger partial charge in [-0.3, -0.25) is 0 Å². The summed E-state index contributed by atoms with van der Waals surface area (Å²) in [5.74, 6) is 0.0539. The molecule has 2 nitrogen and oxygen atoms in total. The molecule has 1 aromatic rings. The molecule has 0 radical (unpaired) electrons. The molecule has 0 aliphatic rings.